The van der Waals surface area contributed by atoms with Gasteiger partial charge in [0.2, 0.25) is 5.95 Å². The van der Waals surface area contributed by atoms with Crippen molar-refractivity contribution in [3.8, 4) is 5.69 Å². The van der Waals surface area contributed by atoms with Gasteiger partial charge in [0.05, 0.1) is 5.69 Å². The molecule has 0 bridgehead atoms. The van der Waals surface area contributed by atoms with Crippen LogP contribution in [-0.2, 0) is 0 Å². The SMILES string of the molecule is Cc1cccc(C(=O)Nc2nc(NC(=O)c3cccc(C)c3)n(-c3ccccc3)n2)c1. The van der Waals surface area contributed by atoms with Crippen LogP contribution in [0.2, 0.25) is 0 Å². The molecule has 0 fully saturated rings. The Kier molecular flexibility index (Phi) is 5.57. The van der Waals surface area contributed by atoms with Crippen LogP contribution in [0.1, 0.15) is 31.8 Å². The lowest BCUT2D eigenvalue weighted by atomic mass is 10.1. The third-order valence-corrected chi connectivity index (χ3v) is 4.62. The topological polar surface area (TPSA) is 88.9 Å². The molecule has 0 aliphatic heterocycles. The van der Waals surface area contributed by atoms with Crippen molar-refractivity contribution in [3.63, 3.8) is 0 Å². The fourth-order valence-corrected chi connectivity index (χ4v) is 3.12. The Hall–Kier alpha value is -4.26. The Balaban J connectivity index is 1.64. The molecule has 1 heterocycles. The molecule has 2 amide bonds. The number of carbonyl (C=O) groups excluding carboxylic acids is 2. The minimum atomic E-state index is -0.328. The molecule has 0 saturated carbocycles. The lowest BCUT2D eigenvalue weighted by Crippen LogP contribution is -2.16. The highest BCUT2D eigenvalue weighted by atomic mass is 16.2. The Morgan fingerprint density at radius 2 is 1.32 bits per heavy atom. The van der Waals surface area contributed by atoms with Gasteiger partial charge in [-0.2, -0.15) is 9.67 Å². The molecule has 2 N–H and O–H groups in total. The van der Waals surface area contributed by atoms with Crippen LogP contribution < -0.4 is 10.6 Å². The van der Waals surface area contributed by atoms with Gasteiger partial charge in [-0.15, -0.1) is 5.10 Å². The predicted molar refractivity (Wildman–Crippen MR) is 120 cm³/mol. The van der Waals surface area contributed by atoms with E-state index < -0.39 is 0 Å². The molecule has 0 radical (unpaired) electrons. The quantitative estimate of drug-likeness (QED) is 0.510. The van der Waals surface area contributed by atoms with Gasteiger partial charge in [-0.25, -0.2) is 0 Å². The standard InChI is InChI=1S/C24H21N5O2/c1-16-8-6-10-18(14-16)21(30)25-23-27-24(29(28-23)20-12-4-3-5-13-20)26-22(31)19-11-7-9-17(2)15-19/h3-15H,1-2H3,(H2,25,26,27,28,30,31). The number of hydrogen-bond donors (Lipinski definition) is 2. The smallest absolute Gasteiger partial charge is 0.258 e. The first kappa shape index (κ1) is 20.0. The number of benzene rings is 3. The number of amides is 2. The maximum absolute atomic E-state index is 12.8. The average molecular weight is 411 g/mol. The molecule has 0 saturated heterocycles. The van der Waals surface area contributed by atoms with E-state index in [2.05, 4.69) is 20.7 Å². The molecular formula is C24H21N5O2. The molecule has 4 aromatic rings. The average Bonchev–Trinajstić information content (AvgIpc) is 3.16. The van der Waals surface area contributed by atoms with E-state index in [0.29, 0.717) is 16.8 Å². The summed E-state index contributed by atoms with van der Waals surface area (Å²) in [5, 5.41) is 9.89. The molecule has 0 spiro atoms. The third-order valence-electron chi connectivity index (χ3n) is 4.62. The second-order valence-corrected chi connectivity index (χ2v) is 7.15. The monoisotopic (exact) mass is 411 g/mol. The van der Waals surface area contributed by atoms with Crippen LogP contribution >= 0.6 is 0 Å². The van der Waals surface area contributed by atoms with Gasteiger partial charge in [-0.1, -0.05) is 53.6 Å². The zero-order chi connectivity index (χ0) is 21.8. The van der Waals surface area contributed by atoms with Crippen LogP contribution in [0.5, 0.6) is 0 Å². The number of carbonyl (C=O) groups is 2. The molecule has 1 aromatic heterocycles. The summed E-state index contributed by atoms with van der Waals surface area (Å²) in [6.45, 7) is 3.83. The molecule has 4 rings (SSSR count). The number of hydrogen-bond acceptors (Lipinski definition) is 4. The first-order valence-corrected chi connectivity index (χ1v) is 9.78. The van der Waals surface area contributed by atoms with Crippen molar-refractivity contribution < 1.29 is 9.59 Å². The van der Waals surface area contributed by atoms with Crippen LogP contribution in [0.25, 0.3) is 5.69 Å². The van der Waals surface area contributed by atoms with Crippen molar-refractivity contribution >= 4 is 23.7 Å². The second kappa shape index (κ2) is 8.62. The van der Waals surface area contributed by atoms with Gasteiger partial charge in [0.25, 0.3) is 17.8 Å². The number of aryl methyl sites for hydroxylation is 2. The maximum Gasteiger partial charge on any atom is 0.258 e. The number of anilines is 2. The van der Waals surface area contributed by atoms with Gasteiger partial charge in [0, 0.05) is 11.1 Å². The van der Waals surface area contributed by atoms with Gasteiger partial charge >= 0.3 is 0 Å². The van der Waals surface area contributed by atoms with Gasteiger partial charge in [0.15, 0.2) is 0 Å². The molecule has 7 heteroatoms. The van der Waals surface area contributed by atoms with E-state index in [0.717, 1.165) is 11.1 Å². The van der Waals surface area contributed by atoms with Gasteiger partial charge in [-0.3, -0.25) is 20.2 Å². The van der Waals surface area contributed by atoms with E-state index in [-0.39, 0.29) is 23.7 Å². The number of aromatic nitrogens is 3. The van der Waals surface area contributed by atoms with E-state index in [1.807, 2.05) is 68.4 Å². The maximum atomic E-state index is 12.8. The van der Waals surface area contributed by atoms with Crippen LogP contribution in [0.4, 0.5) is 11.9 Å². The summed E-state index contributed by atoms with van der Waals surface area (Å²) in [4.78, 5) is 29.7. The highest BCUT2D eigenvalue weighted by Gasteiger charge is 2.17. The summed E-state index contributed by atoms with van der Waals surface area (Å²) < 4.78 is 1.49. The van der Waals surface area contributed by atoms with Crippen molar-refractivity contribution in [3.05, 3.63) is 101 Å². The first-order valence-electron chi connectivity index (χ1n) is 9.78. The minimum absolute atomic E-state index is 0.0925. The fourth-order valence-electron chi connectivity index (χ4n) is 3.12. The highest BCUT2D eigenvalue weighted by molar-refractivity contribution is 6.05. The van der Waals surface area contributed by atoms with Crippen molar-refractivity contribution in [2.24, 2.45) is 0 Å². The predicted octanol–water partition coefficient (Wildman–Crippen LogP) is 4.39. The summed E-state index contributed by atoms with van der Waals surface area (Å²) in [5.41, 5.74) is 3.66. The summed E-state index contributed by atoms with van der Waals surface area (Å²) >= 11 is 0. The number of para-hydroxylation sites is 1. The largest absolute Gasteiger partial charge is 0.290 e. The normalized spacial score (nSPS) is 10.5. The van der Waals surface area contributed by atoms with E-state index in [1.165, 1.54) is 4.68 Å². The Morgan fingerprint density at radius 3 is 1.90 bits per heavy atom. The summed E-state index contributed by atoms with van der Waals surface area (Å²) in [6, 6.07) is 23.8. The summed E-state index contributed by atoms with van der Waals surface area (Å²) in [7, 11) is 0. The van der Waals surface area contributed by atoms with Crippen LogP contribution in [0.15, 0.2) is 78.9 Å². The van der Waals surface area contributed by atoms with Crippen molar-refractivity contribution in [2.45, 2.75) is 13.8 Å². The molecule has 0 unspecified atom stereocenters. The van der Waals surface area contributed by atoms with Gasteiger partial charge in [-0.05, 0) is 50.2 Å². The molecular weight excluding hydrogens is 390 g/mol. The Bertz CT molecular complexity index is 1250. The van der Waals surface area contributed by atoms with E-state index >= 15 is 0 Å². The molecule has 3 aromatic carbocycles. The van der Waals surface area contributed by atoms with E-state index in [1.54, 1.807) is 24.3 Å². The van der Waals surface area contributed by atoms with Crippen molar-refractivity contribution in [1.29, 1.82) is 0 Å². The molecule has 0 aliphatic rings. The van der Waals surface area contributed by atoms with Gasteiger partial charge in [0.1, 0.15) is 0 Å². The Morgan fingerprint density at radius 1 is 0.742 bits per heavy atom. The van der Waals surface area contributed by atoms with Crippen molar-refractivity contribution in [2.75, 3.05) is 10.6 Å². The highest BCUT2D eigenvalue weighted by Crippen LogP contribution is 2.18. The molecule has 31 heavy (non-hydrogen) atoms. The molecule has 154 valence electrons. The van der Waals surface area contributed by atoms with E-state index in [9.17, 15) is 9.59 Å². The zero-order valence-corrected chi connectivity index (χ0v) is 17.2. The van der Waals surface area contributed by atoms with Gasteiger partial charge < -0.3 is 0 Å². The van der Waals surface area contributed by atoms with E-state index in [4.69, 9.17) is 0 Å². The molecule has 0 aliphatic carbocycles. The first-order chi connectivity index (χ1) is 15.0. The fraction of sp³-hybridized carbons (Fsp3) is 0.0833. The number of nitrogens with one attached hydrogen (secondary N) is 2. The molecule has 0 atom stereocenters. The lowest BCUT2D eigenvalue weighted by Gasteiger charge is -2.07. The minimum Gasteiger partial charge on any atom is -0.290 e. The van der Waals surface area contributed by atoms with Crippen LogP contribution in [-0.4, -0.2) is 26.6 Å². The zero-order valence-electron chi connectivity index (χ0n) is 17.2. The van der Waals surface area contributed by atoms with Crippen LogP contribution in [0.3, 0.4) is 0 Å². The number of nitrogens with zero attached hydrogens (tertiary/aromatic N) is 3. The lowest BCUT2D eigenvalue weighted by molar-refractivity contribution is 0.101. The number of rotatable bonds is 5. The molecule has 7 nitrogen and oxygen atoms in total. The third kappa shape index (κ3) is 4.67. The summed E-state index contributed by atoms with van der Waals surface area (Å²) in [6.07, 6.45) is 0. The van der Waals surface area contributed by atoms with Crippen molar-refractivity contribution in [1.82, 2.24) is 14.8 Å². The van der Waals surface area contributed by atoms with Crippen LogP contribution in [0, 0.1) is 13.8 Å². The summed E-state index contributed by atoms with van der Waals surface area (Å²) in [5.74, 6) is -0.345. The Labute approximate surface area is 179 Å². The second-order valence-electron chi connectivity index (χ2n) is 7.15.